The second-order valence-corrected chi connectivity index (χ2v) is 9.72. The molecule has 0 aliphatic carbocycles. The lowest BCUT2D eigenvalue weighted by atomic mass is 10.1. The van der Waals surface area contributed by atoms with Gasteiger partial charge < -0.3 is 10.1 Å². The standard InChI is InChI=1S/C23H28FN3O5S/c1-27-11-5-3-4-6-21(27)22(28)25-15-16-12-17(23(29)32-2)14-19(13-16)26-33(30,31)20-9-7-18(24)8-10-20/h7-10,12-14,21,26H,3-6,11,15H2,1-2H3,(H,25,28)/t21-/m1/s1. The third-order valence-electron chi connectivity index (χ3n) is 5.58. The summed E-state index contributed by atoms with van der Waals surface area (Å²) in [5, 5.41) is 2.89. The smallest absolute Gasteiger partial charge is 0.337 e. The van der Waals surface area contributed by atoms with E-state index in [1.807, 2.05) is 11.9 Å². The van der Waals surface area contributed by atoms with Crippen LogP contribution < -0.4 is 10.0 Å². The molecule has 10 heteroatoms. The second-order valence-electron chi connectivity index (χ2n) is 8.03. The van der Waals surface area contributed by atoms with Gasteiger partial charge in [-0.2, -0.15) is 0 Å². The minimum atomic E-state index is -4.02. The van der Waals surface area contributed by atoms with Crippen molar-refractivity contribution in [1.29, 1.82) is 0 Å². The van der Waals surface area contributed by atoms with Crippen LogP contribution in [-0.4, -0.2) is 51.9 Å². The minimum absolute atomic E-state index is 0.110. The van der Waals surface area contributed by atoms with Gasteiger partial charge in [-0.15, -0.1) is 0 Å². The van der Waals surface area contributed by atoms with Crippen LogP contribution in [0.4, 0.5) is 10.1 Å². The molecule has 0 bridgehead atoms. The highest BCUT2D eigenvalue weighted by Crippen LogP contribution is 2.21. The highest BCUT2D eigenvalue weighted by molar-refractivity contribution is 7.92. The summed E-state index contributed by atoms with van der Waals surface area (Å²) < 4.78 is 45.7. The number of halogens is 1. The number of benzene rings is 2. The molecule has 178 valence electrons. The van der Waals surface area contributed by atoms with Crippen LogP contribution in [0.5, 0.6) is 0 Å². The molecular weight excluding hydrogens is 449 g/mol. The van der Waals surface area contributed by atoms with E-state index in [0.29, 0.717) is 5.56 Å². The highest BCUT2D eigenvalue weighted by Gasteiger charge is 2.24. The summed E-state index contributed by atoms with van der Waals surface area (Å²) in [6.45, 7) is 0.963. The summed E-state index contributed by atoms with van der Waals surface area (Å²) >= 11 is 0. The summed E-state index contributed by atoms with van der Waals surface area (Å²) in [7, 11) is -0.869. The molecular formula is C23H28FN3O5S. The molecule has 8 nitrogen and oxygen atoms in total. The van der Waals surface area contributed by atoms with Crippen LogP contribution in [0.1, 0.15) is 41.6 Å². The van der Waals surface area contributed by atoms with Crippen molar-refractivity contribution in [3.05, 3.63) is 59.4 Å². The Labute approximate surface area is 193 Å². The van der Waals surface area contributed by atoms with Gasteiger partial charge in [0.1, 0.15) is 5.82 Å². The van der Waals surface area contributed by atoms with Crippen LogP contribution in [-0.2, 0) is 26.1 Å². The van der Waals surface area contributed by atoms with E-state index < -0.39 is 21.8 Å². The number of nitrogens with one attached hydrogen (secondary N) is 2. The van der Waals surface area contributed by atoms with Crippen LogP contribution in [0.3, 0.4) is 0 Å². The fraction of sp³-hybridized carbons (Fsp3) is 0.391. The van der Waals surface area contributed by atoms with Gasteiger partial charge in [0.05, 0.1) is 29.3 Å². The van der Waals surface area contributed by atoms with Crippen molar-refractivity contribution in [2.24, 2.45) is 0 Å². The van der Waals surface area contributed by atoms with E-state index in [1.165, 1.54) is 19.2 Å². The molecule has 0 aromatic heterocycles. The Balaban J connectivity index is 1.80. The molecule has 0 saturated carbocycles. The lowest BCUT2D eigenvalue weighted by Crippen LogP contribution is -2.44. The zero-order valence-corrected chi connectivity index (χ0v) is 19.5. The lowest BCUT2D eigenvalue weighted by molar-refractivity contribution is -0.126. The zero-order chi connectivity index (χ0) is 24.0. The predicted octanol–water partition coefficient (Wildman–Crippen LogP) is 2.90. The van der Waals surface area contributed by atoms with E-state index in [1.54, 1.807) is 6.07 Å². The number of sulfonamides is 1. The molecule has 0 unspecified atom stereocenters. The van der Waals surface area contributed by atoms with Gasteiger partial charge in [0.25, 0.3) is 10.0 Å². The van der Waals surface area contributed by atoms with Crippen LogP contribution in [0.15, 0.2) is 47.4 Å². The molecule has 1 heterocycles. The number of ether oxygens (including phenoxy) is 1. The van der Waals surface area contributed by atoms with E-state index in [-0.39, 0.29) is 34.6 Å². The molecule has 1 fully saturated rings. The summed E-state index contributed by atoms with van der Waals surface area (Å²) in [5.41, 5.74) is 0.782. The second kappa shape index (κ2) is 10.8. The molecule has 1 atom stereocenters. The molecule has 0 radical (unpaired) electrons. The Morgan fingerprint density at radius 2 is 1.85 bits per heavy atom. The first kappa shape index (κ1) is 24.7. The maximum atomic E-state index is 13.2. The molecule has 2 aromatic carbocycles. The van der Waals surface area contributed by atoms with Crippen LogP contribution in [0.2, 0.25) is 0 Å². The number of rotatable bonds is 7. The Bertz CT molecular complexity index is 1110. The molecule has 1 saturated heterocycles. The molecule has 33 heavy (non-hydrogen) atoms. The number of hydrogen-bond acceptors (Lipinski definition) is 6. The molecule has 2 N–H and O–H groups in total. The van der Waals surface area contributed by atoms with Crippen molar-refractivity contribution >= 4 is 27.6 Å². The number of likely N-dealkylation sites (tertiary alicyclic amines) is 1. The van der Waals surface area contributed by atoms with E-state index in [4.69, 9.17) is 4.74 Å². The number of carbonyl (C=O) groups is 2. The van der Waals surface area contributed by atoms with Gasteiger partial charge in [0, 0.05) is 6.54 Å². The number of carbonyl (C=O) groups excluding carboxylic acids is 2. The predicted molar refractivity (Wildman–Crippen MR) is 122 cm³/mol. The molecule has 1 aliphatic heterocycles. The van der Waals surface area contributed by atoms with Crippen molar-refractivity contribution in [2.75, 3.05) is 25.4 Å². The number of hydrogen-bond donors (Lipinski definition) is 2. The maximum Gasteiger partial charge on any atom is 0.337 e. The average Bonchev–Trinajstić information content (AvgIpc) is 3.01. The van der Waals surface area contributed by atoms with Gasteiger partial charge in [-0.25, -0.2) is 17.6 Å². The first-order valence-electron chi connectivity index (χ1n) is 10.7. The third kappa shape index (κ3) is 6.52. The van der Waals surface area contributed by atoms with Crippen molar-refractivity contribution in [3.8, 4) is 0 Å². The zero-order valence-electron chi connectivity index (χ0n) is 18.6. The van der Waals surface area contributed by atoms with Crippen LogP contribution >= 0.6 is 0 Å². The van der Waals surface area contributed by atoms with Crippen molar-refractivity contribution in [3.63, 3.8) is 0 Å². The summed E-state index contributed by atoms with van der Waals surface area (Å²) in [5.74, 6) is -1.32. The molecule has 0 spiro atoms. The topological polar surface area (TPSA) is 105 Å². The van der Waals surface area contributed by atoms with E-state index >= 15 is 0 Å². The molecule has 3 rings (SSSR count). The SMILES string of the molecule is COC(=O)c1cc(CNC(=O)[C@H]2CCCCCN2C)cc(NS(=O)(=O)c2ccc(F)cc2)c1. The van der Waals surface area contributed by atoms with Crippen LogP contribution in [0, 0.1) is 5.82 Å². The van der Waals surface area contributed by atoms with Crippen LogP contribution in [0.25, 0.3) is 0 Å². The monoisotopic (exact) mass is 477 g/mol. The van der Waals surface area contributed by atoms with Gasteiger partial charge in [0.2, 0.25) is 5.91 Å². The van der Waals surface area contributed by atoms with Gasteiger partial charge in [-0.1, -0.05) is 12.8 Å². The van der Waals surface area contributed by atoms with Crippen molar-refractivity contribution in [2.45, 2.75) is 43.2 Å². The first-order valence-corrected chi connectivity index (χ1v) is 12.2. The summed E-state index contributed by atoms with van der Waals surface area (Å²) in [6, 6.07) is 8.57. The number of methoxy groups -OCH3 is 1. The Morgan fingerprint density at radius 3 is 2.55 bits per heavy atom. The Hall–Kier alpha value is -2.98. The fourth-order valence-electron chi connectivity index (χ4n) is 3.81. The maximum absolute atomic E-state index is 13.2. The van der Waals surface area contributed by atoms with Crippen molar-refractivity contribution in [1.82, 2.24) is 10.2 Å². The van der Waals surface area contributed by atoms with Gasteiger partial charge in [-0.3, -0.25) is 14.4 Å². The number of esters is 1. The summed E-state index contributed by atoms with van der Waals surface area (Å²) in [4.78, 5) is 26.8. The van der Waals surface area contributed by atoms with E-state index in [9.17, 15) is 22.4 Å². The Kier molecular flexibility index (Phi) is 8.04. The van der Waals surface area contributed by atoms with E-state index in [0.717, 1.165) is 56.5 Å². The molecule has 2 aromatic rings. The number of anilines is 1. The largest absolute Gasteiger partial charge is 0.465 e. The summed E-state index contributed by atoms with van der Waals surface area (Å²) in [6.07, 6.45) is 3.90. The quantitative estimate of drug-likeness (QED) is 0.594. The Morgan fingerprint density at radius 1 is 1.12 bits per heavy atom. The van der Waals surface area contributed by atoms with Gasteiger partial charge in [0.15, 0.2) is 0 Å². The molecule has 1 aliphatic rings. The highest BCUT2D eigenvalue weighted by atomic mass is 32.2. The number of nitrogens with zero attached hydrogens (tertiary/aromatic N) is 1. The number of likely N-dealkylation sites (N-methyl/N-ethyl adjacent to an activating group) is 1. The third-order valence-corrected chi connectivity index (χ3v) is 6.98. The molecule has 1 amide bonds. The van der Waals surface area contributed by atoms with Gasteiger partial charge >= 0.3 is 5.97 Å². The fourth-order valence-corrected chi connectivity index (χ4v) is 4.85. The lowest BCUT2D eigenvalue weighted by Gasteiger charge is -2.24. The van der Waals surface area contributed by atoms with E-state index in [2.05, 4.69) is 10.0 Å². The normalized spacial score (nSPS) is 17.1. The minimum Gasteiger partial charge on any atom is -0.465 e. The average molecular weight is 478 g/mol. The number of amides is 1. The first-order chi connectivity index (χ1) is 15.7. The van der Waals surface area contributed by atoms with Crippen molar-refractivity contribution < 1.29 is 27.1 Å². The van der Waals surface area contributed by atoms with Gasteiger partial charge in [-0.05, 0) is 74.5 Å².